The lowest BCUT2D eigenvalue weighted by Gasteiger charge is -2.02. The molecule has 0 saturated heterocycles. The molecule has 1 aromatic heterocycles. The van der Waals surface area contributed by atoms with Gasteiger partial charge in [-0.2, -0.15) is 0 Å². The van der Waals surface area contributed by atoms with Crippen LogP contribution in [0.25, 0.3) is 10.9 Å². The number of aromatic nitrogens is 1. The molecule has 0 radical (unpaired) electrons. The van der Waals surface area contributed by atoms with E-state index in [1.807, 2.05) is 0 Å². The van der Waals surface area contributed by atoms with E-state index in [-0.39, 0.29) is 23.0 Å². The Bertz CT molecular complexity index is 579. The van der Waals surface area contributed by atoms with E-state index >= 15 is 0 Å². The molecule has 78 valence electrons. The minimum atomic E-state index is -0.497. The lowest BCUT2D eigenvalue weighted by molar-refractivity contribution is 0.280. The van der Waals surface area contributed by atoms with Crippen LogP contribution in [0, 0.1) is 5.82 Å². The molecule has 0 atom stereocenters. The van der Waals surface area contributed by atoms with Crippen LogP contribution in [0.4, 0.5) is 4.39 Å². The van der Waals surface area contributed by atoms with Crippen LogP contribution in [0.15, 0.2) is 27.6 Å². The van der Waals surface area contributed by atoms with E-state index in [2.05, 4.69) is 20.9 Å². The average molecular weight is 272 g/mol. The molecule has 0 saturated carbocycles. The molecule has 0 aliphatic rings. The van der Waals surface area contributed by atoms with Crippen LogP contribution >= 0.6 is 15.9 Å². The summed E-state index contributed by atoms with van der Waals surface area (Å²) in [7, 11) is 0. The summed E-state index contributed by atoms with van der Waals surface area (Å²) in [5.41, 5.74) is 0.410. The zero-order valence-corrected chi connectivity index (χ0v) is 9.14. The molecule has 15 heavy (non-hydrogen) atoms. The quantitative estimate of drug-likeness (QED) is 0.833. The Morgan fingerprint density at radius 3 is 2.87 bits per heavy atom. The lowest BCUT2D eigenvalue weighted by Crippen LogP contribution is -2.10. The number of fused-ring (bicyclic) bond motifs is 1. The molecule has 0 unspecified atom stereocenters. The highest BCUT2D eigenvalue weighted by atomic mass is 79.9. The Labute approximate surface area is 92.7 Å². The highest BCUT2D eigenvalue weighted by Gasteiger charge is 2.07. The molecule has 1 aromatic carbocycles. The summed E-state index contributed by atoms with van der Waals surface area (Å²) in [6.45, 7) is -0.358. The maximum Gasteiger partial charge on any atom is 0.194 e. The van der Waals surface area contributed by atoms with Gasteiger partial charge in [0.05, 0.1) is 16.6 Å². The van der Waals surface area contributed by atoms with Crippen molar-refractivity contribution in [1.29, 1.82) is 0 Å². The topological polar surface area (TPSA) is 53.1 Å². The third-order valence-corrected chi connectivity index (χ3v) is 2.78. The maximum atomic E-state index is 13.2. The van der Waals surface area contributed by atoms with Crippen molar-refractivity contribution in [2.45, 2.75) is 6.61 Å². The van der Waals surface area contributed by atoms with Crippen LogP contribution in [0.1, 0.15) is 5.56 Å². The summed E-state index contributed by atoms with van der Waals surface area (Å²) in [6.07, 6.45) is 1.43. The van der Waals surface area contributed by atoms with E-state index in [4.69, 9.17) is 5.11 Å². The standard InChI is InChI=1S/C10H7BrFNO2/c11-7-2-9-6(1-8(7)12)10(15)5(4-14)3-13-9/h1-3,14H,4H2,(H,13,15). The van der Waals surface area contributed by atoms with Crippen molar-refractivity contribution in [3.05, 3.63) is 44.4 Å². The zero-order valence-electron chi connectivity index (χ0n) is 7.55. The molecular weight excluding hydrogens is 265 g/mol. The summed E-state index contributed by atoms with van der Waals surface area (Å²) in [4.78, 5) is 14.5. The largest absolute Gasteiger partial charge is 0.391 e. The van der Waals surface area contributed by atoms with Gasteiger partial charge in [-0.25, -0.2) is 4.39 Å². The second kappa shape index (κ2) is 3.75. The van der Waals surface area contributed by atoms with Crippen molar-refractivity contribution in [2.24, 2.45) is 0 Å². The number of halogens is 2. The number of hydrogen-bond donors (Lipinski definition) is 2. The van der Waals surface area contributed by atoms with Gasteiger partial charge in [-0.15, -0.1) is 0 Å². The minimum absolute atomic E-state index is 0.226. The van der Waals surface area contributed by atoms with Gasteiger partial charge in [0, 0.05) is 17.1 Å². The molecule has 2 aromatic rings. The van der Waals surface area contributed by atoms with Gasteiger partial charge in [-0.1, -0.05) is 0 Å². The average Bonchev–Trinajstić information content (AvgIpc) is 2.22. The first kappa shape index (κ1) is 10.3. The molecule has 0 aliphatic heterocycles. The fourth-order valence-corrected chi connectivity index (χ4v) is 1.72. The monoisotopic (exact) mass is 271 g/mol. The van der Waals surface area contributed by atoms with E-state index in [1.165, 1.54) is 12.3 Å². The van der Waals surface area contributed by atoms with Crippen LogP contribution in [-0.2, 0) is 6.61 Å². The van der Waals surface area contributed by atoms with Crippen molar-refractivity contribution in [2.75, 3.05) is 0 Å². The highest BCUT2D eigenvalue weighted by molar-refractivity contribution is 9.10. The molecule has 1 heterocycles. The normalized spacial score (nSPS) is 10.9. The van der Waals surface area contributed by atoms with Crippen molar-refractivity contribution in [3.63, 3.8) is 0 Å². The predicted octanol–water partition coefficient (Wildman–Crippen LogP) is 1.92. The predicted molar refractivity (Wildman–Crippen MR) is 58.1 cm³/mol. The second-order valence-electron chi connectivity index (χ2n) is 3.11. The SMILES string of the molecule is O=c1c(CO)c[nH]c2cc(Br)c(F)cc12. The second-order valence-corrected chi connectivity index (χ2v) is 3.97. The number of pyridine rings is 1. The van der Waals surface area contributed by atoms with E-state index in [0.717, 1.165) is 6.07 Å². The third-order valence-electron chi connectivity index (χ3n) is 2.17. The minimum Gasteiger partial charge on any atom is -0.391 e. The summed E-state index contributed by atoms with van der Waals surface area (Å²) in [5.74, 6) is -0.497. The summed E-state index contributed by atoms with van der Waals surface area (Å²) >= 11 is 3.03. The Hall–Kier alpha value is -1.20. The molecule has 0 fully saturated rings. The van der Waals surface area contributed by atoms with Crippen molar-refractivity contribution >= 4 is 26.8 Å². The van der Waals surface area contributed by atoms with Crippen molar-refractivity contribution < 1.29 is 9.50 Å². The number of rotatable bonds is 1. The van der Waals surface area contributed by atoms with E-state index < -0.39 is 5.82 Å². The summed E-state index contributed by atoms with van der Waals surface area (Å²) in [6, 6.07) is 2.64. The van der Waals surface area contributed by atoms with Crippen LogP contribution in [0.3, 0.4) is 0 Å². The van der Waals surface area contributed by atoms with E-state index in [9.17, 15) is 9.18 Å². The van der Waals surface area contributed by atoms with Gasteiger partial charge < -0.3 is 10.1 Å². The lowest BCUT2D eigenvalue weighted by atomic mass is 10.1. The highest BCUT2D eigenvalue weighted by Crippen LogP contribution is 2.20. The fraction of sp³-hybridized carbons (Fsp3) is 0.100. The first-order chi connectivity index (χ1) is 7.13. The van der Waals surface area contributed by atoms with Gasteiger partial charge in [0.15, 0.2) is 5.43 Å². The molecule has 0 amide bonds. The van der Waals surface area contributed by atoms with Crippen LogP contribution in [-0.4, -0.2) is 10.1 Å². The zero-order chi connectivity index (χ0) is 11.0. The van der Waals surface area contributed by atoms with Gasteiger partial charge in [0.2, 0.25) is 0 Å². The van der Waals surface area contributed by atoms with Crippen molar-refractivity contribution in [3.8, 4) is 0 Å². The summed E-state index contributed by atoms with van der Waals surface area (Å²) < 4.78 is 13.5. The van der Waals surface area contributed by atoms with Crippen LogP contribution < -0.4 is 5.43 Å². The molecule has 0 aliphatic carbocycles. The smallest absolute Gasteiger partial charge is 0.194 e. The van der Waals surface area contributed by atoms with Gasteiger partial charge >= 0.3 is 0 Å². The summed E-state index contributed by atoms with van der Waals surface area (Å²) in [5, 5.41) is 9.12. The Kier molecular flexibility index (Phi) is 2.58. The molecule has 2 rings (SSSR count). The first-order valence-corrected chi connectivity index (χ1v) is 5.03. The van der Waals surface area contributed by atoms with Crippen LogP contribution in [0.5, 0.6) is 0 Å². The maximum absolute atomic E-state index is 13.2. The van der Waals surface area contributed by atoms with Gasteiger partial charge in [-0.05, 0) is 28.1 Å². The fourth-order valence-electron chi connectivity index (χ4n) is 1.37. The number of nitrogens with one attached hydrogen (secondary N) is 1. The molecule has 0 spiro atoms. The number of H-pyrrole nitrogens is 1. The van der Waals surface area contributed by atoms with Gasteiger partial charge in [-0.3, -0.25) is 4.79 Å². The van der Waals surface area contributed by atoms with Crippen LogP contribution in [0.2, 0.25) is 0 Å². The Morgan fingerprint density at radius 2 is 2.20 bits per heavy atom. The number of aliphatic hydroxyl groups excluding tert-OH is 1. The molecule has 0 bridgehead atoms. The van der Waals surface area contributed by atoms with Gasteiger partial charge in [0.1, 0.15) is 5.82 Å². The van der Waals surface area contributed by atoms with Crippen molar-refractivity contribution in [1.82, 2.24) is 4.98 Å². The van der Waals surface area contributed by atoms with E-state index in [0.29, 0.717) is 9.99 Å². The Morgan fingerprint density at radius 1 is 1.47 bits per heavy atom. The first-order valence-electron chi connectivity index (χ1n) is 4.23. The number of benzene rings is 1. The third kappa shape index (κ3) is 1.68. The Balaban J connectivity index is 2.88. The van der Waals surface area contributed by atoms with E-state index in [1.54, 1.807) is 0 Å². The number of hydrogen-bond acceptors (Lipinski definition) is 2. The molecule has 2 N–H and O–H groups in total. The molecular formula is C10H7BrFNO2. The number of aromatic amines is 1. The molecule has 3 nitrogen and oxygen atoms in total. The van der Waals surface area contributed by atoms with Gasteiger partial charge in [0.25, 0.3) is 0 Å². The molecule has 5 heteroatoms. The number of aliphatic hydroxyl groups is 1.